The molecule has 2 N–H and O–H groups in total. The highest BCUT2D eigenvalue weighted by Crippen LogP contribution is 2.33. The van der Waals surface area contributed by atoms with Gasteiger partial charge in [0.25, 0.3) is 11.8 Å². The van der Waals surface area contributed by atoms with Crippen LogP contribution in [0.2, 0.25) is 0 Å². The molecule has 0 fully saturated rings. The second kappa shape index (κ2) is 10.3. The lowest BCUT2D eigenvalue weighted by molar-refractivity contribution is 0.0947. The van der Waals surface area contributed by atoms with E-state index in [1.807, 2.05) is 0 Å². The van der Waals surface area contributed by atoms with Crippen LogP contribution >= 0.6 is 0 Å². The molecule has 12 heteroatoms. The molecule has 2 amide bonds. The maximum atomic E-state index is 14.1. The van der Waals surface area contributed by atoms with Gasteiger partial charge in [-0.15, -0.1) is 0 Å². The monoisotopic (exact) mass is 506 g/mol. The first-order valence-corrected chi connectivity index (χ1v) is 10.2. The quantitative estimate of drug-likeness (QED) is 0.194. The molecule has 7 nitrogen and oxygen atoms in total. The summed E-state index contributed by atoms with van der Waals surface area (Å²) in [4.78, 5) is 25.4. The third kappa shape index (κ3) is 5.22. The molecule has 2 aromatic heterocycles. The number of carbonyl (C=O) groups excluding carboxylic acids is 2. The third-order valence-corrected chi connectivity index (χ3v) is 4.83. The van der Waals surface area contributed by atoms with Crippen LogP contribution in [0, 0.1) is 29.1 Å². The Morgan fingerprint density at radius 3 is 1.56 bits per heavy atom. The highest BCUT2D eigenvalue weighted by atomic mass is 19.2. The molecule has 0 spiro atoms. The first-order valence-electron chi connectivity index (χ1n) is 10.2. The Kier molecular flexibility index (Phi) is 7.04. The SMILES string of the molecule is O=C(NCc1ccco1)c1cc(Oc2c(F)c(F)c(F)c(F)c2F)cc(C(=O)NCc2ccco2)c1. The number of hydrogen-bond acceptors (Lipinski definition) is 5. The van der Waals surface area contributed by atoms with Crippen molar-refractivity contribution in [1.29, 1.82) is 0 Å². The number of furan rings is 2. The van der Waals surface area contributed by atoms with E-state index in [2.05, 4.69) is 10.6 Å². The topological polar surface area (TPSA) is 93.7 Å². The van der Waals surface area contributed by atoms with Crippen molar-refractivity contribution in [1.82, 2.24) is 10.6 Å². The van der Waals surface area contributed by atoms with Crippen LogP contribution in [0.5, 0.6) is 11.5 Å². The zero-order valence-corrected chi connectivity index (χ0v) is 18.0. The molecule has 0 bridgehead atoms. The Morgan fingerprint density at radius 2 is 1.14 bits per heavy atom. The first-order chi connectivity index (χ1) is 17.2. The van der Waals surface area contributed by atoms with E-state index in [4.69, 9.17) is 13.6 Å². The number of nitrogens with one attached hydrogen (secondary N) is 2. The molecule has 0 aliphatic heterocycles. The molecule has 0 atom stereocenters. The Morgan fingerprint density at radius 1 is 0.694 bits per heavy atom. The second-order valence-electron chi connectivity index (χ2n) is 7.27. The number of amides is 2. The minimum atomic E-state index is -2.36. The molecule has 0 saturated heterocycles. The molecule has 2 aromatic carbocycles. The Balaban J connectivity index is 1.66. The lowest BCUT2D eigenvalue weighted by atomic mass is 10.1. The van der Waals surface area contributed by atoms with Crippen LogP contribution in [0.3, 0.4) is 0 Å². The van der Waals surface area contributed by atoms with Crippen molar-refractivity contribution in [3.8, 4) is 11.5 Å². The zero-order valence-electron chi connectivity index (χ0n) is 18.0. The van der Waals surface area contributed by atoms with Gasteiger partial charge in [0.15, 0.2) is 0 Å². The summed E-state index contributed by atoms with van der Waals surface area (Å²) in [5.41, 5.74) is -0.405. The summed E-state index contributed by atoms with van der Waals surface area (Å²) in [7, 11) is 0. The Bertz CT molecular complexity index is 1310. The van der Waals surface area contributed by atoms with Gasteiger partial charge >= 0.3 is 0 Å². The van der Waals surface area contributed by atoms with Crippen LogP contribution in [0.15, 0.2) is 63.8 Å². The zero-order chi connectivity index (χ0) is 25.8. The molecule has 2 heterocycles. The van der Waals surface area contributed by atoms with Crippen LogP contribution in [-0.2, 0) is 13.1 Å². The van der Waals surface area contributed by atoms with Gasteiger partial charge in [-0.05, 0) is 42.5 Å². The molecule has 0 aliphatic rings. The van der Waals surface area contributed by atoms with Crippen molar-refractivity contribution in [3.05, 3.63) is 107 Å². The smallest absolute Gasteiger partial charge is 0.251 e. The fourth-order valence-corrected chi connectivity index (χ4v) is 3.08. The van der Waals surface area contributed by atoms with Crippen molar-refractivity contribution in [2.24, 2.45) is 0 Å². The molecule has 0 radical (unpaired) electrons. The Hall–Kier alpha value is -4.61. The summed E-state index contributed by atoms with van der Waals surface area (Å²) in [6.07, 6.45) is 2.78. The fraction of sp³-hybridized carbons (Fsp3) is 0.0833. The second-order valence-corrected chi connectivity index (χ2v) is 7.27. The summed E-state index contributed by atoms with van der Waals surface area (Å²) in [6, 6.07) is 9.48. The maximum Gasteiger partial charge on any atom is 0.251 e. The van der Waals surface area contributed by atoms with E-state index in [0.29, 0.717) is 11.5 Å². The van der Waals surface area contributed by atoms with Crippen molar-refractivity contribution in [3.63, 3.8) is 0 Å². The average molecular weight is 506 g/mol. The molecule has 36 heavy (non-hydrogen) atoms. The maximum absolute atomic E-state index is 14.1. The minimum Gasteiger partial charge on any atom is -0.467 e. The number of benzene rings is 2. The normalized spacial score (nSPS) is 10.8. The van der Waals surface area contributed by atoms with E-state index in [1.165, 1.54) is 12.5 Å². The highest BCUT2D eigenvalue weighted by molar-refractivity contribution is 6.00. The largest absolute Gasteiger partial charge is 0.467 e. The van der Waals surface area contributed by atoms with Gasteiger partial charge in [-0.2, -0.15) is 8.78 Å². The summed E-state index contributed by atoms with van der Waals surface area (Å²) < 4.78 is 84.0. The standard InChI is InChI=1S/C24H15F5N2O5/c25-17-18(26)20(28)22(21(29)19(17)27)36-16-8-12(23(32)30-10-14-3-1-5-34-14)7-13(9-16)24(33)31-11-15-4-2-6-35-15/h1-9H,10-11H2,(H,30,32)(H,31,33). The number of hydrogen-bond donors (Lipinski definition) is 2. The van der Waals surface area contributed by atoms with Crippen molar-refractivity contribution in [2.45, 2.75) is 13.1 Å². The number of carbonyl (C=O) groups is 2. The van der Waals surface area contributed by atoms with Crippen LogP contribution in [-0.4, -0.2) is 11.8 Å². The summed E-state index contributed by atoms with van der Waals surface area (Å²) in [5.74, 6) is -14.0. The van der Waals surface area contributed by atoms with E-state index >= 15 is 0 Å². The molecule has 0 saturated carbocycles. The summed E-state index contributed by atoms with van der Waals surface area (Å²) >= 11 is 0. The molecular weight excluding hydrogens is 491 g/mol. The van der Waals surface area contributed by atoms with E-state index in [9.17, 15) is 31.5 Å². The molecule has 4 rings (SSSR count). The Labute approximate surface area is 199 Å². The molecule has 0 unspecified atom stereocenters. The van der Waals surface area contributed by atoms with E-state index in [-0.39, 0.29) is 24.2 Å². The van der Waals surface area contributed by atoms with Gasteiger partial charge in [0.05, 0.1) is 25.6 Å². The van der Waals surface area contributed by atoms with E-state index in [0.717, 1.165) is 18.2 Å². The van der Waals surface area contributed by atoms with Gasteiger partial charge in [-0.1, -0.05) is 0 Å². The van der Waals surface area contributed by atoms with Gasteiger partial charge in [-0.3, -0.25) is 9.59 Å². The number of rotatable bonds is 8. The van der Waals surface area contributed by atoms with Crippen LogP contribution in [0.4, 0.5) is 22.0 Å². The van der Waals surface area contributed by atoms with Gasteiger partial charge in [-0.25, -0.2) is 13.2 Å². The first kappa shape index (κ1) is 24.5. The van der Waals surface area contributed by atoms with E-state index in [1.54, 1.807) is 24.3 Å². The number of halogens is 5. The molecule has 4 aromatic rings. The predicted molar refractivity (Wildman–Crippen MR) is 113 cm³/mol. The molecule has 186 valence electrons. The average Bonchev–Trinajstić information content (AvgIpc) is 3.60. The highest BCUT2D eigenvalue weighted by Gasteiger charge is 2.28. The van der Waals surface area contributed by atoms with Crippen molar-refractivity contribution in [2.75, 3.05) is 0 Å². The third-order valence-electron chi connectivity index (χ3n) is 4.83. The van der Waals surface area contributed by atoms with Crippen molar-refractivity contribution < 1.29 is 45.1 Å². The lowest BCUT2D eigenvalue weighted by Gasteiger charge is -2.13. The molecular formula is C24H15F5N2O5. The van der Waals surface area contributed by atoms with Gasteiger partial charge in [0, 0.05) is 11.1 Å². The number of ether oxygens (including phenoxy) is 1. The minimum absolute atomic E-state index is 0.0332. The van der Waals surface area contributed by atoms with Crippen molar-refractivity contribution >= 4 is 11.8 Å². The van der Waals surface area contributed by atoms with Crippen LogP contribution in [0.1, 0.15) is 32.2 Å². The fourth-order valence-electron chi connectivity index (χ4n) is 3.08. The predicted octanol–water partition coefficient (Wildman–Crippen LogP) is 5.22. The molecule has 0 aliphatic carbocycles. The van der Waals surface area contributed by atoms with E-state index < -0.39 is 52.4 Å². The summed E-state index contributed by atoms with van der Waals surface area (Å²) in [6.45, 7) is -0.0663. The van der Waals surface area contributed by atoms with Gasteiger partial charge in [0.1, 0.15) is 17.3 Å². The van der Waals surface area contributed by atoms with Crippen LogP contribution in [0.25, 0.3) is 0 Å². The summed E-state index contributed by atoms with van der Waals surface area (Å²) in [5, 5.41) is 5.02. The lowest BCUT2D eigenvalue weighted by Crippen LogP contribution is -2.25. The van der Waals surface area contributed by atoms with Crippen LogP contribution < -0.4 is 15.4 Å². The van der Waals surface area contributed by atoms with Gasteiger partial charge < -0.3 is 24.2 Å². The van der Waals surface area contributed by atoms with Gasteiger partial charge in [0.2, 0.25) is 34.8 Å².